The van der Waals surface area contributed by atoms with Gasteiger partial charge < -0.3 is 10.6 Å². The lowest BCUT2D eigenvalue weighted by atomic mass is 10.1. The summed E-state index contributed by atoms with van der Waals surface area (Å²) >= 11 is 5.07. The van der Waals surface area contributed by atoms with E-state index >= 15 is 0 Å². The average Bonchev–Trinajstić information content (AvgIpc) is 2.49. The van der Waals surface area contributed by atoms with Gasteiger partial charge in [-0.05, 0) is 24.1 Å². The Morgan fingerprint density at radius 2 is 1.55 bits per heavy atom. The van der Waals surface area contributed by atoms with E-state index in [0.717, 1.165) is 12.1 Å². The van der Waals surface area contributed by atoms with Gasteiger partial charge in [0.15, 0.2) is 4.99 Å². The standard InChI is InChI=1S/C16H16N2OS/c19-15(16(20)18-14-9-5-2-6-10-14)17-12-11-13-7-3-1-4-8-13/h1-10H,11-12H2,(H,17,19)(H,18,20). The van der Waals surface area contributed by atoms with Crippen molar-refractivity contribution < 1.29 is 4.79 Å². The SMILES string of the molecule is O=C(NCCc1ccccc1)C(=S)Nc1ccccc1. The van der Waals surface area contributed by atoms with Crippen molar-refractivity contribution in [2.24, 2.45) is 0 Å². The third kappa shape index (κ3) is 4.48. The number of hydrogen-bond acceptors (Lipinski definition) is 2. The van der Waals surface area contributed by atoms with Gasteiger partial charge in [-0.1, -0.05) is 60.7 Å². The molecule has 102 valence electrons. The van der Waals surface area contributed by atoms with Gasteiger partial charge in [0.1, 0.15) is 0 Å². The first-order valence-corrected chi connectivity index (χ1v) is 6.84. The number of nitrogens with one attached hydrogen (secondary N) is 2. The lowest BCUT2D eigenvalue weighted by Gasteiger charge is -2.08. The number of thiocarbonyl (C=S) groups is 1. The summed E-state index contributed by atoms with van der Waals surface area (Å²) in [7, 11) is 0. The van der Waals surface area contributed by atoms with E-state index in [-0.39, 0.29) is 10.9 Å². The maximum absolute atomic E-state index is 11.8. The van der Waals surface area contributed by atoms with Gasteiger partial charge in [0.25, 0.3) is 5.91 Å². The van der Waals surface area contributed by atoms with Gasteiger partial charge in [0.2, 0.25) is 0 Å². The number of benzene rings is 2. The van der Waals surface area contributed by atoms with Crippen LogP contribution in [0.5, 0.6) is 0 Å². The van der Waals surface area contributed by atoms with Gasteiger partial charge in [0.05, 0.1) is 0 Å². The second kappa shape index (κ2) is 7.40. The van der Waals surface area contributed by atoms with Crippen molar-refractivity contribution >= 4 is 28.8 Å². The molecule has 0 atom stereocenters. The molecular formula is C16H16N2OS. The minimum Gasteiger partial charge on any atom is -0.350 e. The number of para-hydroxylation sites is 1. The maximum Gasteiger partial charge on any atom is 0.279 e. The normalized spacial score (nSPS) is 9.80. The predicted octanol–water partition coefficient (Wildman–Crippen LogP) is 2.78. The summed E-state index contributed by atoms with van der Waals surface area (Å²) in [5.41, 5.74) is 2.01. The van der Waals surface area contributed by atoms with Crippen LogP contribution in [0, 0.1) is 0 Å². The second-order valence-electron chi connectivity index (χ2n) is 4.31. The summed E-state index contributed by atoms with van der Waals surface area (Å²) in [6.45, 7) is 0.569. The Balaban J connectivity index is 1.76. The van der Waals surface area contributed by atoms with Crippen LogP contribution in [0.25, 0.3) is 0 Å². The minimum absolute atomic E-state index is 0.185. The molecule has 0 bridgehead atoms. The summed E-state index contributed by atoms with van der Waals surface area (Å²) in [4.78, 5) is 12.0. The van der Waals surface area contributed by atoms with Crippen LogP contribution >= 0.6 is 12.2 Å². The van der Waals surface area contributed by atoms with E-state index in [1.54, 1.807) is 0 Å². The molecule has 0 heterocycles. The molecule has 20 heavy (non-hydrogen) atoms. The van der Waals surface area contributed by atoms with E-state index < -0.39 is 0 Å². The number of carbonyl (C=O) groups is 1. The Kier molecular flexibility index (Phi) is 5.26. The Hall–Kier alpha value is -2.20. The molecule has 0 saturated carbocycles. The fraction of sp³-hybridized carbons (Fsp3) is 0.125. The lowest BCUT2D eigenvalue weighted by molar-refractivity contribution is -0.114. The van der Waals surface area contributed by atoms with Gasteiger partial charge in [-0.2, -0.15) is 0 Å². The van der Waals surface area contributed by atoms with Gasteiger partial charge >= 0.3 is 0 Å². The molecular weight excluding hydrogens is 268 g/mol. The zero-order valence-electron chi connectivity index (χ0n) is 11.0. The van der Waals surface area contributed by atoms with E-state index in [1.807, 2.05) is 60.7 Å². The zero-order chi connectivity index (χ0) is 14.2. The molecule has 0 aliphatic rings. The van der Waals surface area contributed by atoms with Crippen LogP contribution in [0.2, 0.25) is 0 Å². The number of hydrogen-bond donors (Lipinski definition) is 2. The molecule has 0 aromatic heterocycles. The van der Waals surface area contributed by atoms with Crippen LogP contribution in [0.3, 0.4) is 0 Å². The molecule has 0 aliphatic carbocycles. The fourth-order valence-electron chi connectivity index (χ4n) is 1.75. The predicted molar refractivity (Wildman–Crippen MR) is 85.8 cm³/mol. The van der Waals surface area contributed by atoms with Crippen molar-refractivity contribution in [1.29, 1.82) is 0 Å². The van der Waals surface area contributed by atoms with Crippen LogP contribution in [0.4, 0.5) is 5.69 Å². The quantitative estimate of drug-likeness (QED) is 0.848. The van der Waals surface area contributed by atoms with E-state index in [9.17, 15) is 4.79 Å². The minimum atomic E-state index is -0.250. The summed E-state index contributed by atoms with van der Waals surface area (Å²) in [5.74, 6) is -0.250. The highest BCUT2D eigenvalue weighted by Crippen LogP contribution is 2.05. The van der Waals surface area contributed by atoms with Gasteiger partial charge in [-0.15, -0.1) is 0 Å². The second-order valence-corrected chi connectivity index (χ2v) is 4.72. The molecule has 2 aromatic rings. The molecule has 0 unspecified atom stereocenters. The monoisotopic (exact) mass is 284 g/mol. The first-order chi connectivity index (χ1) is 9.75. The van der Waals surface area contributed by atoms with E-state index in [4.69, 9.17) is 12.2 Å². The van der Waals surface area contributed by atoms with Crippen LogP contribution in [-0.2, 0) is 11.2 Å². The van der Waals surface area contributed by atoms with Crippen LogP contribution in [0.15, 0.2) is 60.7 Å². The lowest BCUT2D eigenvalue weighted by Crippen LogP contribution is -2.35. The highest BCUT2D eigenvalue weighted by molar-refractivity contribution is 7.82. The Bertz CT molecular complexity index is 570. The number of amides is 1. The highest BCUT2D eigenvalue weighted by atomic mass is 32.1. The topological polar surface area (TPSA) is 41.1 Å². The Labute approximate surface area is 124 Å². The van der Waals surface area contributed by atoms with Gasteiger partial charge in [-0.25, -0.2) is 0 Å². The zero-order valence-corrected chi connectivity index (χ0v) is 11.8. The van der Waals surface area contributed by atoms with Crippen molar-refractivity contribution in [3.8, 4) is 0 Å². The summed E-state index contributed by atoms with van der Waals surface area (Å²) in [6.07, 6.45) is 0.792. The average molecular weight is 284 g/mol. The van der Waals surface area contributed by atoms with Crippen molar-refractivity contribution in [2.45, 2.75) is 6.42 Å². The summed E-state index contributed by atoms with van der Waals surface area (Å²) in [6, 6.07) is 19.4. The van der Waals surface area contributed by atoms with E-state index in [2.05, 4.69) is 10.6 Å². The maximum atomic E-state index is 11.8. The molecule has 0 fully saturated rings. The number of anilines is 1. The van der Waals surface area contributed by atoms with Crippen molar-refractivity contribution in [3.05, 3.63) is 66.2 Å². The van der Waals surface area contributed by atoms with Crippen molar-refractivity contribution in [2.75, 3.05) is 11.9 Å². The number of rotatable bonds is 4. The largest absolute Gasteiger partial charge is 0.350 e. The van der Waals surface area contributed by atoms with Crippen LogP contribution < -0.4 is 10.6 Å². The molecule has 1 amide bonds. The van der Waals surface area contributed by atoms with Crippen molar-refractivity contribution in [1.82, 2.24) is 5.32 Å². The van der Waals surface area contributed by atoms with Crippen LogP contribution in [-0.4, -0.2) is 17.4 Å². The molecule has 0 aliphatic heterocycles. The molecule has 2 N–H and O–H groups in total. The first-order valence-electron chi connectivity index (χ1n) is 6.44. The van der Waals surface area contributed by atoms with Gasteiger partial charge in [-0.3, -0.25) is 4.79 Å². The first kappa shape index (κ1) is 14.2. The third-order valence-corrected chi connectivity index (χ3v) is 3.07. The molecule has 0 spiro atoms. The highest BCUT2D eigenvalue weighted by Gasteiger charge is 2.08. The fourth-order valence-corrected chi connectivity index (χ4v) is 1.94. The molecule has 4 heteroatoms. The summed E-state index contributed by atoms with van der Waals surface area (Å²) < 4.78 is 0. The van der Waals surface area contributed by atoms with Crippen molar-refractivity contribution in [3.63, 3.8) is 0 Å². The third-order valence-electron chi connectivity index (χ3n) is 2.78. The van der Waals surface area contributed by atoms with Crippen LogP contribution in [0.1, 0.15) is 5.56 Å². The Morgan fingerprint density at radius 3 is 2.20 bits per heavy atom. The Morgan fingerprint density at radius 1 is 0.950 bits per heavy atom. The molecule has 0 saturated heterocycles. The number of carbonyl (C=O) groups excluding carboxylic acids is 1. The van der Waals surface area contributed by atoms with E-state index in [0.29, 0.717) is 6.54 Å². The molecule has 2 rings (SSSR count). The smallest absolute Gasteiger partial charge is 0.279 e. The molecule has 0 radical (unpaired) electrons. The summed E-state index contributed by atoms with van der Waals surface area (Å²) in [5, 5.41) is 5.72. The van der Waals surface area contributed by atoms with Gasteiger partial charge in [0, 0.05) is 12.2 Å². The van der Waals surface area contributed by atoms with E-state index in [1.165, 1.54) is 5.56 Å². The molecule has 3 nitrogen and oxygen atoms in total. The molecule has 2 aromatic carbocycles.